The zero-order valence-electron chi connectivity index (χ0n) is 19.3. The molecular weight excluding hydrogens is 499 g/mol. The van der Waals surface area contributed by atoms with Crippen molar-refractivity contribution in [1.29, 1.82) is 0 Å². The monoisotopic (exact) mass is 520 g/mol. The summed E-state index contributed by atoms with van der Waals surface area (Å²) in [7, 11) is -4.32. The van der Waals surface area contributed by atoms with E-state index in [1.54, 1.807) is 18.2 Å². The molecule has 9 heteroatoms. The Balaban J connectivity index is 1.63. The maximum absolute atomic E-state index is 14.1. The van der Waals surface area contributed by atoms with Crippen LogP contribution in [0.3, 0.4) is 0 Å². The lowest BCUT2D eigenvalue weighted by Gasteiger charge is -2.24. The number of hydrogen-bond acceptors (Lipinski definition) is 5. The van der Waals surface area contributed by atoms with Crippen LogP contribution in [0.4, 0.5) is 5.69 Å². The smallest absolute Gasteiger partial charge is 0.460 e. The summed E-state index contributed by atoms with van der Waals surface area (Å²) in [6, 6.07) is 25.3. The number of nitrogens with one attached hydrogen (secondary N) is 1. The van der Waals surface area contributed by atoms with Crippen molar-refractivity contribution in [2.75, 3.05) is 0 Å². The summed E-state index contributed by atoms with van der Waals surface area (Å²) >= 11 is 6.26. The van der Waals surface area contributed by atoms with E-state index >= 15 is 0 Å². The van der Waals surface area contributed by atoms with Crippen molar-refractivity contribution >= 4 is 41.8 Å². The second kappa shape index (κ2) is 11.3. The minimum atomic E-state index is -4.32. The van der Waals surface area contributed by atoms with E-state index in [0.29, 0.717) is 5.39 Å². The van der Waals surface area contributed by atoms with Crippen LogP contribution in [0, 0.1) is 6.57 Å². The Labute approximate surface area is 214 Å². The van der Waals surface area contributed by atoms with E-state index in [1.165, 1.54) is 19.1 Å². The number of fused-ring (bicyclic) bond motifs is 1. The van der Waals surface area contributed by atoms with Gasteiger partial charge in [0.05, 0.1) is 11.6 Å². The highest BCUT2D eigenvalue weighted by Gasteiger charge is 2.35. The van der Waals surface area contributed by atoms with Crippen LogP contribution in [0.1, 0.15) is 12.5 Å². The number of esters is 1. The molecule has 0 fully saturated rings. The molecule has 0 bridgehead atoms. The molecule has 7 nitrogen and oxygen atoms in total. The zero-order chi connectivity index (χ0) is 25.5. The van der Waals surface area contributed by atoms with Gasteiger partial charge in [-0.15, -0.1) is 0 Å². The summed E-state index contributed by atoms with van der Waals surface area (Å²) in [5.74, 6) is -0.506. The van der Waals surface area contributed by atoms with E-state index in [9.17, 15) is 9.36 Å². The largest absolute Gasteiger partial charge is 0.512 e. The normalized spacial score (nSPS) is 13.2. The first kappa shape index (κ1) is 25.3. The fourth-order valence-electron chi connectivity index (χ4n) is 3.42. The van der Waals surface area contributed by atoms with E-state index in [4.69, 9.17) is 32.0 Å². The Bertz CT molecular complexity index is 1470. The maximum Gasteiger partial charge on any atom is 0.512 e. The third-order valence-corrected chi connectivity index (χ3v) is 7.04. The molecule has 0 aliphatic rings. The lowest BCUT2D eigenvalue weighted by atomic mass is 10.1. The first-order chi connectivity index (χ1) is 17.4. The predicted octanol–water partition coefficient (Wildman–Crippen LogP) is 7.33. The van der Waals surface area contributed by atoms with E-state index < -0.39 is 19.8 Å². The Hall–Kier alpha value is -3.82. The van der Waals surface area contributed by atoms with Crippen LogP contribution in [-0.2, 0) is 20.7 Å². The highest BCUT2D eigenvalue weighted by molar-refractivity contribution is 7.52. The summed E-state index contributed by atoms with van der Waals surface area (Å²) in [5.41, 5.74) is 0.854. The number of carbonyl (C=O) groups excluding carboxylic acids is 1. The third kappa shape index (κ3) is 6.05. The molecule has 0 spiro atoms. The first-order valence-corrected chi connectivity index (χ1v) is 12.9. The molecule has 4 aromatic rings. The Morgan fingerprint density at radius 3 is 2.44 bits per heavy atom. The van der Waals surface area contributed by atoms with Crippen molar-refractivity contribution in [2.45, 2.75) is 19.6 Å². The standard InChI is InChI=1S/C27H22ClN2O5P/c1-19(27(31)33-18-20-10-4-3-5-11-20)30-36(32,35-26-23(28)15-9-16-24(26)29-2)34-25-17-8-13-21-12-6-7-14-22(21)25/h3-17,19H,18H2,1H3,(H,30,32)/t19-,36?/m0/s1. The van der Waals surface area contributed by atoms with Crippen LogP contribution in [0.2, 0.25) is 5.02 Å². The van der Waals surface area contributed by atoms with Crippen LogP contribution < -0.4 is 14.1 Å². The van der Waals surface area contributed by atoms with Gasteiger partial charge in [0.25, 0.3) is 0 Å². The highest BCUT2D eigenvalue weighted by atomic mass is 35.5. The topological polar surface area (TPSA) is 78.2 Å². The second-order valence-electron chi connectivity index (χ2n) is 7.80. The molecule has 1 N–H and O–H groups in total. The minimum Gasteiger partial charge on any atom is -0.460 e. The first-order valence-electron chi connectivity index (χ1n) is 11.0. The lowest BCUT2D eigenvalue weighted by molar-refractivity contribution is -0.146. The summed E-state index contributed by atoms with van der Waals surface area (Å²) in [5, 5.41) is 4.27. The van der Waals surface area contributed by atoms with Gasteiger partial charge >= 0.3 is 13.7 Å². The highest BCUT2D eigenvalue weighted by Crippen LogP contribution is 2.51. The quantitative estimate of drug-likeness (QED) is 0.141. The van der Waals surface area contributed by atoms with Crippen LogP contribution in [0.5, 0.6) is 11.5 Å². The van der Waals surface area contributed by atoms with Crippen molar-refractivity contribution in [3.8, 4) is 11.5 Å². The van der Waals surface area contributed by atoms with Gasteiger partial charge in [0.15, 0.2) is 5.75 Å². The Morgan fingerprint density at radius 1 is 0.972 bits per heavy atom. The number of ether oxygens (including phenoxy) is 1. The molecule has 4 rings (SSSR count). The molecule has 36 heavy (non-hydrogen) atoms. The summed E-state index contributed by atoms with van der Waals surface area (Å²) in [6.07, 6.45) is 0. The SMILES string of the molecule is [C-]#[N+]c1cccc(Cl)c1OP(=O)(N[C@@H](C)C(=O)OCc1ccccc1)Oc1cccc2ccccc12. The van der Waals surface area contributed by atoms with Crippen molar-refractivity contribution < 1.29 is 23.1 Å². The molecule has 0 aromatic heterocycles. The van der Waals surface area contributed by atoms with Crippen molar-refractivity contribution in [1.82, 2.24) is 5.09 Å². The zero-order valence-corrected chi connectivity index (χ0v) is 20.9. The van der Waals surface area contributed by atoms with Gasteiger partial charge in [-0.05, 0) is 30.0 Å². The molecule has 0 saturated heterocycles. The van der Waals surface area contributed by atoms with Crippen molar-refractivity contribution in [3.05, 3.63) is 113 Å². The Morgan fingerprint density at radius 2 is 1.67 bits per heavy atom. The summed E-state index contributed by atoms with van der Waals surface area (Å²) < 4.78 is 31.1. The van der Waals surface area contributed by atoms with Crippen molar-refractivity contribution in [2.24, 2.45) is 0 Å². The van der Waals surface area contributed by atoms with Gasteiger partial charge in [0.1, 0.15) is 18.4 Å². The number of carbonyl (C=O) groups is 1. The van der Waals surface area contributed by atoms with E-state index in [1.807, 2.05) is 60.7 Å². The summed E-state index contributed by atoms with van der Waals surface area (Å²) in [4.78, 5) is 16.1. The maximum atomic E-state index is 14.1. The second-order valence-corrected chi connectivity index (χ2v) is 9.83. The molecule has 4 aromatic carbocycles. The summed E-state index contributed by atoms with van der Waals surface area (Å²) in [6.45, 7) is 8.96. The molecular formula is C27H22ClN2O5P. The number of rotatable bonds is 9. The van der Waals surface area contributed by atoms with E-state index in [0.717, 1.165) is 10.9 Å². The lowest BCUT2D eigenvalue weighted by Crippen LogP contribution is -2.35. The van der Waals surface area contributed by atoms with E-state index in [-0.39, 0.29) is 28.8 Å². The fourth-order valence-corrected chi connectivity index (χ4v) is 5.25. The number of benzene rings is 4. The predicted molar refractivity (Wildman–Crippen MR) is 139 cm³/mol. The van der Waals surface area contributed by atoms with Gasteiger partial charge in [0.2, 0.25) is 5.69 Å². The Kier molecular flexibility index (Phi) is 7.92. The average Bonchev–Trinajstić information content (AvgIpc) is 2.89. The van der Waals surface area contributed by atoms with Crippen LogP contribution >= 0.6 is 19.3 Å². The fraction of sp³-hybridized carbons (Fsp3) is 0.111. The van der Waals surface area contributed by atoms with Gasteiger partial charge in [-0.2, -0.15) is 5.09 Å². The van der Waals surface area contributed by atoms with Crippen molar-refractivity contribution in [3.63, 3.8) is 0 Å². The number of nitrogens with zero attached hydrogens (tertiary/aromatic N) is 1. The molecule has 0 heterocycles. The van der Waals surface area contributed by atoms with Gasteiger partial charge in [-0.25, -0.2) is 9.41 Å². The molecule has 0 amide bonds. The molecule has 0 radical (unpaired) electrons. The van der Waals surface area contributed by atoms with Gasteiger partial charge in [-0.3, -0.25) is 4.79 Å². The molecule has 0 aliphatic heterocycles. The van der Waals surface area contributed by atoms with Crippen LogP contribution in [-0.4, -0.2) is 12.0 Å². The van der Waals surface area contributed by atoms with Crippen LogP contribution in [0.15, 0.2) is 91.0 Å². The molecule has 1 unspecified atom stereocenters. The minimum absolute atomic E-state index is 0.0466. The number of halogens is 1. The van der Waals surface area contributed by atoms with Gasteiger partial charge in [-0.1, -0.05) is 90.5 Å². The molecule has 2 atom stereocenters. The van der Waals surface area contributed by atoms with Crippen LogP contribution in [0.25, 0.3) is 15.6 Å². The molecule has 182 valence electrons. The number of hydrogen-bond donors (Lipinski definition) is 1. The average molecular weight is 521 g/mol. The van der Waals surface area contributed by atoms with Gasteiger partial charge in [0, 0.05) is 5.39 Å². The van der Waals surface area contributed by atoms with Gasteiger partial charge < -0.3 is 13.8 Å². The molecule has 0 saturated carbocycles. The van der Waals surface area contributed by atoms with E-state index in [2.05, 4.69) is 9.93 Å². The number of para-hydroxylation sites is 1. The molecule has 0 aliphatic carbocycles. The third-order valence-electron chi connectivity index (χ3n) is 5.18.